The number of aromatic nitrogens is 1. The summed E-state index contributed by atoms with van der Waals surface area (Å²) in [5.74, 6) is 0.201. The number of benzene rings is 1. The topological polar surface area (TPSA) is 74.6 Å². The zero-order valence-electron chi connectivity index (χ0n) is 14.8. The third-order valence-electron chi connectivity index (χ3n) is 4.05. The summed E-state index contributed by atoms with van der Waals surface area (Å²) in [6.45, 7) is 1.77. The molecule has 0 aliphatic heterocycles. The average Bonchev–Trinajstić information content (AvgIpc) is 2.62. The van der Waals surface area contributed by atoms with Gasteiger partial charge in [0.05, 0.1) is 19.3 Å². The summed E-state index contributed by atoms with van der Waals surface area (Å²) in [6, 6.07) is 5.51. The first-order chi connectivity index (χ1) is 12.4. The van der Waals surface area contributed by atoms with E-state index in [0.29, 0.717) is 46.8 Å². The Morgan fingerprint density at radius 3 is 2.58 bits per heavy atom. The number of nitrogens with zero attached hydrogens (tertiary/aromatic N) is 1. The van der Waals surface area contributed by atoms with Gasteiger partial charge in [0.15, 0.2) is 5.78 Å². The largest absolute Gasteiger partial charge is 0.495 e. The van der Waals surface area contributed by atoms with Gasteiger partial charge in [-0.25, -0.2) is 0 Å². The number of Topliss-reactive ketones (excluding diaryl/α,β-unsaturated/α-hetero) is 1. The minimum absolute atomic E-state index is 0.159. The molecule has 1 atom stereocenters. The normalized spacial score (nSPS) is 11.8. The fourth-order valence-corrected chi connectivity index (χ4v) is 2.89. The lowest BCUT2D eigenvalue weighted by molar-refractivity contribution is -0.111. The molecule has 2 rings (SSSR count). The highest BCUT2D eigenvalue weighted by Gasteiger charge is 2.19. The molecule has 0 aliphatic rings. The van der Waals surface area contributed by atoms with Crippen molar-refractivity contribution in [2.24, 2.45) is 0 Å². The Morgan fingerprint density at radius 1 is 1.27 bits per heavy atom. The number of halogens is 1. The fraction of sp³-hybridized carbons (Fsp3) is 0.316. The van der Waals surface area contributed by atoms with E-state index < -0.39 is 6.04 Å². The molecule has 0 saturated carbocycles. The van der Waals surface area contributed by atoms with Crippen LogP contribution in [-0.4, -0.2) is 37.5 Å². The van der Waals surface area contributed by atoms with E-state index in [1.54, 1.807) is 18.2 Å². The molecule has 26 heavy (non-hydrogen) atoms. The fourth-order valence-electron chi connectivity index (χ4n) is 2.72. The van der Waals surface area contributed by atoms with Crippen LogP contribution in [0.3, 0.4) is 0 Å². The Balaban J connectivity index is 2.65. The van der Waals surface area contributed by atoms with E-state index in [2.05, 4.69) is 0 Å². The zero-order valence-corrected chi connectivity index (χ0v) is 15.6. The first-order valence-electron chi connectivity index (χ1n) is 7.98. The third kappa shape index (κ3) is 4.20. The second kappa shape index (κ2) is 8.78. The maximum Gasteiger partial charge on any atom is 0.252 e. The van der Waals surface area contributed by atoms with Gasteiger partial charge in [-0.3, -0.25) is 9.59 Å². The van der Waals surface area contributed by atoms with Crippen LogP contribution in [0.2, 0.25) is 5.02 Å². The average molecular weight is 378 g/mol. The first-order valence-corrected chi connectivity index (χ1v) is 8.36. The molecule has 0 radical (unpaired) electrons. The van der Waals surface area contributed by atoms with Gasteiger partial charge in [0.2, 0.25) is 0 Å². The third-order valence-corrected chi connectivity index (χ3v) is 4.28. The summed E-state index contributed by atoms with van der Waals surface area (Å²) in [5.41, 5.74) is 0.989. The molecule has 0 saturated heterocycles. The van der Waals surface area contributed by atoms with Crippen LogP contribution in [0.15, 0.2) is 35.3 Å². The van der Waals surface area contributed by atoms with Crippen LogP contribution in [0.5, 0.6) is 5.75 Å². The lowest BCUT2D eigenvalue weighted by atomic mass is 9.97. The summed E-state index contributed by atoms with van der Waals surface area (Å²) in [7, 11) is 2.98. The number of ether oxygens (including phenoxy) is 2. The van der Waals surface area contributed by atoms with Crippen molar-refractivity contribution in [1.82, 2.24) is 4.57 Å². The molecule has 0 fully saturated rings. The SMILES string of the molecule is COCCC(C=O)n1cc(OC)c(-c2cc(Cl)ccc2C(C)=O)cc1=O. The van der Waals surface area contributed by atoms with Gasteiger partial charge in [0.25, 0.3) is 5.56 Å². The van der Waals surface area contributed by atoms with E-state index in [1.807, 2.05) is 0 Å². The molecule has 138 valence electrons. The number of ketones is 1. The Hall–Kier alpha value is -2.44. The van der Waals surface area contributed by atoms with Gasteiger partial charge in [-0.2, -0.15) is 0 Å². The van der Waals surface area contributed by atoms with E-state index in [9.17, 15) is 14.4 Å². The van der Waals surface area contributed by atoms with Gasteiger partial charge < -0.3 is 18.8 Å². The molecule has 2 aromatic rings. The standard InChI is InChI=1S/C19H20ClNO5/c1-12(23)15-5-4-13(20)8-16(15)17-9-19(24)21(10-18(17)26-3)14(11-22)6-7-25-2/h4-5,8-11,14H,6-7H2,1-3H3. The maximum atomic E-state index is 12.6. The first kappa shape index (κ1) is 19.9. The van der Waals surface area contributed by atoms with Crippen LogP contribution in [-0.2, 0) is 9.53 Å². The van der Waals surface area contributed by atoms with Gasteiger partial charge in [-0.05, 0) is 37.1 Å². The Kier molecular flexibility index (Phi) is 6.71. The van der Waals surface area contributed by atoms with E-state index in [-0.39, 0.29) is 11.3 Å². The number of carbonyl (C=O) groups excluding carboxylic acids is 2. The lowest BCUT2D eigenvalue weighted by Crippen LogP contribution is -2.26. The number of methoxy groups -OCH3 is 2. The number of pyridine rings is 1. The number of carbonyl (C=O) groups is 2. The molecule has 1 unspecified atom stereocenters. The van der Waals surface area contributed by atoms with Crippen LogP contribution in [0.1, 0.15) is 29.7 Å². The zero-order chi connectivity index (χ0) is 19.3. The highest BCUT2D eigenvalue weighted by molar-refractivity contribution is 6.31. The molecular weight excluding hydrogens is 358 g/mol. The number of hydrogen-bond donors (Lipinski definition) is 0. The van der Waals surface area contributed by atoms with Gasteiger partial charge in [0.1, 0.15) is 12.0 Å². The molecule has 6 nitrogen and oxygen atoms in total. The quantitative estimate of drug-likeness (QED) is 0.522. The number of aldehydes is 1. The van der Waals surface area contributed by atoms with Crippen molar-refractivity contribution in [1.29, 1.82) is 0 Å². The summed E-state index contributed by atoms with van der Waals surface area (Å²) >= 11 is 6.07. The molecule has 0 spiro atoms. The summed E-state index contributed by atoms with van der Waals surface area (Å²) in [6.07, 6.45) is 2.52. The van der Waals surface area contributed by atoms with E-state index in [4.69, 9.17) is 21.1 Å². The Bertz CT molecular complexity index is 875. The highest BCUT2D eigenvalue weighted by atomic mass is 35.5. The Morgan fingerprint density at radius 2 is 2.00 bits per heavy atom. The molecule has 0 bridgehead atoms. The van der Waals surface area contributed by atoms with Crippen molar-refractivity contribution < 1.29 is 19.1 Å². The molecule has 1 aromatic heterocycles. The predicted octanol–water partition coefficient (Wildman–Crippen LogP) is 3.16. The molecule has 7 heteroatoms. The highest BCUT2D eigenvalue weighted by Crippen LogP contribution is 2.33. The molecule has 0 N–H and O–H groups in total. The van der Waals surface area contributed by atoms with E-state index >= 15 is 0 Å². The van der Waals surface area contributed by atoms with Crippen molar-refractivity contribution in [3.8, 4) is 16.9 Å². The van der Waals surface area contributed by atoms with Crippen LogP contribution >= 0.6 is 11.6 Å². The maximum absolute atomic E-state index is 12.6. The molecule has 1 heterocycles. The van der Waals surface area contributed by atoms with Crippen LogP contribution in [0, 0.1) is 0 Å². The van der Waals surface area contributed by atoms with Gasteiger partial charge in [0, 0.05) is 35.9 Å². The second-order valence-corrected chi connectivity index (χ2v) is 6.17. The smallest absolute Gasteiger partial charge is 0.252 e. The predicted molar refractivity (Wildman–Crippen MR) is 99.3 cm³/mol. The molecule has 1 aromatic carbocycles. The molecule has 0 aliphatic carbocycles. The summed E-state index contributed by atoms with van der Waals surface area (Å²) in [5, 5.41) is 0.432. The minimum atomic E-state index is -0.669. The lowest BCUT2D eigenvalue weighted by Gasteiger charge is -2.18. The number of hydrogen-bond acceptors (Lipinski definition) is 5. The monoisotopic (exact) mass is 377 g/mol. The van der Waals surface area contributed by atoms with Crippen molar-refractivity contribution in [3.63, 3.8) is 0 Å². The van der Waals surface area contributed by atoms with E-state index in [1.165, 1.54) is 38.0 Å². The van der Waals surface area contributed by atoms with Gasteiger partial charge >= 0.3 is 0 Å². The van der Waals surface area contributed by atoms with Crippen molar-refractivity contribution in [2.45, 2.75) is 19.4 Å². The van der Waals surface area contributed by atoms with Crippen molar-refractivity contribution in [2.75, 3.05) is 20.8 Å². The molecular formula is C19H20ClNO5. The molecule has 0 amide bonds. The van der Waals surface area contributed by atoms with Crippen LogP contribution in [0.4, 0.5) is 0 Å². The number of rotatable bonds is 8. The van der Waals surface area contributed by atoms with Crippen molar-refractivity contribution >= 4 is 23.7 Å². The van der Waals surface area contributed by atoms with Gasteiger partial charge in [-0.1, -0.05) is 11.6 Å². The Labute approximate surface area is 156 Å². The van der Waals surface area contributed by atoms with Gasteiger partial charge in [-0.15, -0.1) is 0 Å². The van der Waals surface area contributed by atoms with Crippen LogP contribution in [0.25, 0.3) is 11.1 Å². The summed E-state index contributed by atoms with van der Waals surface area (Å²) < 4.78 is 11.7. The second-order valence-electron chi connectivity index (χ2n) is 5.73. The van der Waals surface area contributed by atoms with Crippen molar-refractivity contribution in [3.05, 3.63) is 51.4 Å². The van der Waals surface area contributed by atoms with E-state index in [0.717, 1.165) is 0 Å². The van der Waals surface area contributed by atoms with Crippen LogP contribution < -0.4 is 10.3 Å². The minimum Gasteiger partial charge on any atom is -0.495 e. The summed E-state index contributed by atoms with van der Waals surface area (Å²) in [4.78, 5) is 35.9.